The highest BCUT2D eigenvalue weighted by Crippen LogP contribution is 2.28. The molecule has 0 unspecified atom stereocenters. The number of aliphatic imine (C=N–C) groups is 1. The molecule has 21 heavy (non-hydrogen) atoms. The number of thiophene rings is 1. The summed E-state index contributed by atoms with van der Waals surface area (Å²) >= 11 is 2.99. The molecule has 2 aromatic rings. The van der Waals surface area contributed by atoms with Crippen molar-refractivity contribution in [2.45, 2.75) is 13.3 Å². The maximum Gasteiger partial charge on any atom is 0.264 e. The van der Waals surface area contributed by atoms with E-state index in [-0.39, 0.29) is 5.91 Å². The van der Waals surface area contributed by atoms with Gasteiger partial charge in [0.05, 0.1) is 10.6 Å². The second-order valence-electron chi connectivity index (χ2n) is 4.56. The van der Waals surface area contributed by atoms with Crippen LogP contribution in [0.5, 0.6) is 0 Å². The minimum absolute atomic E-state index is 0.0878. The van der Waals surface area contributed by atoms with Gasteiger partial charge < -0.3 is 5.32 Å². The van der Waals surface area contributed by atoms with Crippen molar-refractivity contribution >= 4 is 45.9 Å². The van der Waals surface area contributed by atoms with E-state index in [1.54, 1.807) is 11.3 Å². The molecule has 1 amide bonds. The Morgan fingerprint density at radius 2 is 2.05 bits per heavy atom. The highest BCUT2D eigenvalue weighted by molar-refractivity contribution is 8.18. The number of amides is 1. The van der Waals surface area contributed by atoms with Crippen LogP contribution in [0.3, 0.4) is 0 Å². The minimum Gasteiger partial charge on any atom is -0.300 e. The number of benzene rings is 1. The SMILES string of the molecule is CCc1ccc(N=C2NC(=O)/C(=C/c3ccsc3)S2)cc1. The normalized spacial score (nSPS) is 18.4. The molecule has 1 aliphatic heterocycles. The number of amidine groups is 1. The number of thioether (sulfide) groups is 1. The lowest BCUT2D eigenvalue weighted by Gasteiger charge is -1.98. The molecule has 2 heterocycles. The van der Waals surface area contributed by atoms with E-state index >= 15 is 0 Å². The maximum absolute atomic E-state index is 11.9. The molecular weight excluding hydrogens is 300 g/mol. The summed E-state index contributed by atoms with van der Waals surface area (Å²) in [6, 6.07) is 10.0. The fourth-order valence-corrected chi connectivity index (χ4v) is 3.37. The van der Waals surface area contributed by atoms with Crippen LogP contribution in [-0.4, -0.2) is 11.1 Å². The van der Waals surface area contributed by atoms with Gasteiger partial charge in [-0.25, -0.2) is 4.99 Å². The van der Waals surface area contributed by atoms with Gasteiger partial charge in [0.1, 0.15) is 0 Å². The molecule has 1 aliphatic rings. The number of aryl methyl sites for hydroxylation is 1. The van der Waals surface area contributed by atoms with Crippen molar-refractivity contribution < 1.29 is 4.79 Å². The van der Waals surface area contributed by atoms with E-state index in [0.717, 1.165) is 17.7 Å². The van der Waals surface area contributed by atoms with Gasteiger partial charge in [-0.1, -0.05) is 19.1 Å². The standard InChI is InChI=1S/C16H14N2OS2/c1-2-11-3-5-13(6-4-11)17-16-18-15(19)14(21-16)9-12-7-8-20-10-12/h3-10H,2H2,1H3,(H,17,18,19)/b14-9-. The van der Waals surface area contributed by atoms with Crippen LogP contribution in [0.2, 0.25) is 0 Å². The zero-order valence-corrected chi connectivity index (χ0v) is 13.1. The molecule has 3 rings (SSSR count). The average Bonchev–Trinajstić information content (AvgIpc) is 3.11. The van der Waals surface area contributed by atoms with E-state index in [1.807, 2.05) is 35.0 Å². The molecule has 3 nitrogen and oxygen atoms in total. The van der Waals surface area contributed by atoms with Crippen LogP contribution in [0.4, 0.5) is 5.69 Å². The summed E-state index contributed by atoms with van der Waals surface area (Å²) in [6.45, 7) is 2.12. The molecule has 0 atom stereocenters. The zero-order valence-electron chi connectivity index (χ0n) is 11.5. The predicted molar refractivity (Wildman–Crippen MR) is 90.9 cm³/mol. The van der Waals surface area contributed by atoms with Crippen LogP contribution < -0.4 is 5.32 Å². The summed E-state index contributed by atoms with van der Waals surface area (Å²) in [5, 5.41) is 7.44. The molecule has 0 aliphatic carbocycles. The topological polar surface area (TPSA) is 41.5 Å². The molecule has 1 N–H and O–H groups in total. The molecule has 0 radical (unpaired) electrons. The Kier molecular flexibility index (Phi) is 4.22. The van der Waals surface area contributed by atoms with E-state index in [4.69, 9.17) is 0 Å². The second kappa shape index (κ2) is 6.28. The summed E-state index contributed by atoms with van der Waals surface area (Å²) in [6.07, 6.45) is 2.90. The van der Waals surface area contributed by atoms with Gasteiger partial charge in [0.2, 0.25) is 0 Å². The Morgan fingerprint density at radius 3 is 2.71 bits per heavy atom. The first-order valence-corrected chi connectivity index (χ1v) is 8.41. The van der Waals surface area contributed by atoms with E-state index in [9.17, 15) is 4.79 Å². The smallest absolute Gasteiger partial charge is 0.264 e. The van der Waals surface area contributed by atoms with Crippen molar-refractivity contribution in [2.75, 3.05) is 0 Å². The fraction of sp³-hybridized carbons (Fsp3) is 0.125. The Morgan fingerprint density at radius 1 is 1.24 bits per heavy atom. The number of carbonyl (C=O) groups excluding carboxylic acids is 1. The molecule has 106 valence electrons. The highest BCUT2D eigenvalue weighted by atomic mass is 32.2. The predicted octanol–water partition coefficient (Wildman–Crippen LogP) is 4.20. The third kappa shape index (κ3) is 3.43. The molecule has 1 aromatic carbocycles. The first-order chi connectivity index (χ1) is 10.2. The number of hydrogen-bond donors (Lipinski definition) is 1. The van der Waals surface area contributed by atoms with Gasteiger partial charge in [0.25, 0.3) is 5.91 Å². The van der Waals surface area contributed by atoms with Gasteiger partial charge in [0, 0.05) is 0 Å². The largest absolute Gasteiger partial charge is 0.300 e. The van der Waals surface area contributed by atoms with Crippen LogP contribution in [0.25, 0.3) is 6.08 Å². The third-order valence-corrected chi connectivity index (χ3v) is 4.68. The number of nitrogens with zero attached hydrogens (tertiary/aromatic N) is 1. The van der Waals surface area contributed by atoms with E-state index in [2.05, 4.69) is 29.4 Å². The first kappa shape index (κ1) is 14.1. The number of nitrogens with one attached hydrogen (secondary N) is 1. The highest BCUT2D eigenvalue weighted by Gasteiger charge is 2.23. The fourth-order valence-electron chi connectivity index (χ4n) is 1.91. The third-order valence-electron chi connectivity index (χ3n) is 3.07. The average molecular weight is 314 g/mol. The molecule has 5 heteroatoms. The van der Waals surface area contributed by atoms with Crippen molar-refractivity contribution in [1.29, 1.82) is 0 Å². The number of rotatable bonds is 3. The molecule has 1 saturated heterocycles. The van der Waals surface area contributed by atoms with E-state index in [0.29, 0.717) is 10.1 Å². The second-order valence-corrected chi connectivity index (χ2v) is 6.37. The van der Waals surface area contributed by atoms with E-state index in [1.165, 1.54) is 17.3 Å². The first-order valence-electron chi connectivity index (χ1n) is 6.65. The van der Waals surface area contributed by atoms with Gasteiger partial charge in [-0.2, -0.15) is 11.3 Å². The summed E-state index contributed by atoms with van der Waals surface area (Å²) in [7, 11) is 0. The Hall–Kier alpha value is -1.85. The lowest BCUT2D eigenvalue weighted by atomic mass is 10.2. The number of hydrogen-bond acceptors (Lipinski definition) is 4. The maximum atomic E-state index is 11.9. The summed E-state index contributed by atoms with van der Waals surface area (Å²) < 4.78 is 0. The summed E-state index contributed by atoms with van der Waals surface area (Å²) in [5.41, 5.74) is 3.18. The van der Waals surface area contributed by atoms with Crippen molar-refractivity contribution in [1.82, 2.24) is 5.32 Å². The molecule has 0 bridgehead atoms. The van der Waals surface area contributed by atoms with E-state index < -0.39 is 0 Å². The molecule has 0 spiro atoms. The van der Waals surface area contributed by atoms with Crippen molar-refractivity contribution in [3.05, 3.63) is 57.1 Å². The van der Waals surface area contributed by atoms with Gasteiger partial charge in [-0.3, -0.25) is 4.79 Å². The van der Waals surface area contributed by atoms with Crippen LogP contribution in [0.15, 0.2) is 51.0 Å². The van der Waals surface area contributed by atoms with Gasteiger partial charge in [0.15, 0.2) is 5.17 Å². The summed E-state index contributed by atoms with van der Waals surface area (Å²) in [4.78, 5) is 17.1. The van der Waals surface area contributed by atoms with Crippen molar-refractivity contribution in [3.63, 3.8) is 0 Å². The van der Waals surface area contributed by atoms with Crippen LogP contribution in [0.1, 0.15) is 18.1 Å². The Balaban J connectivity index is 1.78. The van der Waals surface area contributed by atoms with Crippen LogP contribution in [-0.2, 0) is 11.2 Å². The van der Waals surface area contributed by atoms with Crippen molar-refractivity contribution in [3.8, 4) is 0 Å². The quantitative estimate of drug-likeness (QED) is 0.863. The lowest BCUT2D eigenvalue weighted by Crippen LogP contribution is -2.19. The van der Waals surface area contributed by atoms with Gasteiger partial charge in [-0.15, -0.1) is 0 Å². The zero-order chi connectivity index (χ0) is 14.7. The monoisotopic (exact) mass is 314 g/mol. The Labute approximate surface area is 131 Å². The Bertz CT molecular complexity index is 700. The number of carbonyl (C=O) groups is 1. The minimum atomic E-state index is -0.0878. The van der Waals surface area contributed by atoms with Crippen molar-refractivity contribution in [2.24, 2.45) is 4.99 Å². The lowest BCUT2D eigenvalue weighted by molar-refractivity contribution is -0.115. The van der Waals surface area contributed by atoms with Crippen LogP contribution in [0, 0.1) is 0 Å². The molecule has 0 saturated carbocycles. The molecule has 1 fully saturated rings. The van der Waals surface area contributed by atoms with Crippen LogP contribution >= 0.6 is 23.1 Å². The summed E-state index contributed by atoms with van der Waals surface area (Å²) in [5.74, 6) is -0.0878. The molecular formula is C16H14N2OS2. The van der Waals surface area contributed by atoms with Gasteiger partial charge in [-0.05, 0) is 64.3 Å². The molecule has 1 aromatic heterocycles. The van der Waals surface area contributed by atoms with Gasteiger partial charge >= 0.3 is 0 Å².